The minimum absolute atomic E-state index is 0.00212. The van der Waals surface area contributed by atoms with Gasteiger partial charge in [-0.2, -0.15) is 13.2 Å². The zero-order valence-corrected chi connectivity index (χ0v) is 10.2. The monoisotopic (exact) mass is 314 g/mol. The largest absolute Gasteiger partial charge is 0.462 e. The van der Waals surface area contributed by atoms with Crippen molar-refractivity contribution in [2.75, 3.05) is 6.61 Å². The molecule has 0 bridgehead atoms. The number of rotatable bonds is 2. The normalized spacial score (nSPS) is 11.4. The molecule has 1 rings (SSSR count). The van der Waals surface area contributed by atoms with E-state index in [1.165, 1.54) is 6.92 Å². The first-order valence-corrected chi connectivity index (χ1v) is 5.30. The number of alkyl halides is 3. The molecule has 0 amide bonds. The lowest BCUT2D eigenvalue weighted by Crippen LogP contribution is -2.12. The SMILES string of the molecule is CCOC(=O)c1cc(F)c(Br)c(C(F)(F)F)c1. The van der Waals surface area contributed by atoms with Crippen molar-refractivity contribution in [3.8, 4) is 0 Å². The molecule has 0 aliphatic rings. The van der Waals surface area contributed by atoms with Crippen LogP contribution in [0.4, 0.5) is 17.6 Å². The molecule has 2 nitrogen and oxygen atoms in total. The fraction of sp³-hybridized carbons (Fsp3) is 0.300. The molecular formula is C10H7BrF4O2. The molecule has 7 heteroatoms. The second-order valence-electron chi connectivity index (χ2n) is 3.04. The summed E-state index contributed by atoms with van der Waals surface area (Å²) in [5, 5.41) is 0. The number of benzene rings is 1. The quantitative estimate of drug-likeness (QED) is 0.613. The summed E-state index contributed by atoms with van der Waals surface area (Å²) < 4.78 is 54.5. The van der Waals surface area contributed by atoms with Crippen molar-refractivity contribution < 1.29 is 27.1 Å². The van der Waals surface area contributed by atoms with Crippen LogP contribution in [-0.4, -0.2) is 12.6 Å². The van der Waals surface area contributed by atoms with E-state index in [0.29, 0.717) is 12.1 Å². The second kappa shape index (κ2) is 5.03. The summed E-state index contributed by atoms with van der Waals surface area (Å²) in [6.45, 7) is 1.50. The summed E-state index contributed by atoms with van der Waals surface area (Å²) >= 11 is 2.49. The second-order valence-corrected chi connectivity index (χ2v) is 3.83. The van der Waals surface area contributed by atoms with Crippen LogP contribution in [0.25, 0.3) is 0 Å². The summed E-state index contributed by atoms with van der Waals surface area (Å²) in [5.41, 5.74) is -1.72. The molecule has 0 atom stereocenters. The molecule has 0 aliphatic heterocycles. The van der Waals surface area contributed by atoms with Crippen molar-refractivity contribution >= 4 is 21.9 Å². The Morgan fingerprint density at radius 1 is 1.41 bits per heavy atom. The number of esters is 1. The van der Waals surface area contributed by atoms with E-state index in [2.05, 4.69) is 20.7 Å². The molecule has 0 N–H and O–H groups in total. The van der Waals surface area contributed by atoms with Crippen molar-refractivity contribution in [1.29, 1.82) is 0 Å². The molecule has 0 unspecified atom stereocenters. The highest BCUT2D eigenvalue weighted by Crippen LogP contribution is 2.36. The Labute approximate surface area is 103 Å². The summed E-state index contributed by atoms with van der Waals surface area (Å²) in [6.07, 6.45) is -4.75. The van der Waals surface area contributed by atoms with Gasteiger partial charge in [-0.25, -0.2) is 9.18 Å². The van der Waals surface area contributed by atoms with Crippen LogP contribution in [0.2, 0.25) is 0 Å². The molecule has 0 saturated carbocycles. The lowest BCUT2D eigenvalue weighted by atomic mass is 10.1. The van der Waals surface area contributed by atoms with Gasteiger partial charge in [0, 0.05) is 0 Å². The summed E-state index contributed by atoms with van der Waals surface area (Å²) in [5.74, 6) is -2.16. The zero-order chi connectivity index (χ0) is 13.2. The topological polar surface area (TPSA) is 26.3 Å². The summed E-state index contributed by atoms with van der Waals surface area (Å²) in [4.78, 5) is 11.2. The van der Waals surface area contributed by atoms with Crippen molar-refractivity contribution in [2.24, 2.45) is 0 Å². The lowest BCUT2D eigenvalue weighted by Gasteiger charge is -2.11. The van der Waals surface area contributed by atoms with Crippen LogP contribution < -0.4 is 0 Å². The predicted molar refractivity (Wildman–Crippen MR) is 55.1 cm³/mol. The van der Waals surface area contributed by atoms with Gasteiger partial charge in [0.05, 0.1) is 22.2 Å². The van der Waals surface area contributed by atoms with E-state index < -0.39 is 33.6 Å². The van der Waals surface area contributed by atoms with Crippen molar-refractivity contribution in [3.05, 3.63) is 33.5 Å². The molecule has 0 aliphatic carbocycles. The molecule has 0 saturated heterocycles. The van der Waals surface area contributed by atoms with E-state index in [1.807, 2.05) is 0 Å². The Kier molecular flexibility index (Phi) is 4.13. The minimum Gasteiger partial charge on any atom is -0.462 e. The van der Waals surface area contributed by atoms with Gasteiger partial charge in [0.2, 0.25) is 0 Å². The summed E-state index contributed by atoms with van der Waals surface area (Å²) in [7, 11) is 0. The average Bonchev–Trinajstić information content (AvgIpc) is 2.20. The van der Waals surface area contributed by atoms with E-state index in [-0.39, 0.29) is 6.61 Å². The highest BCUT2D eigenvalue weighted by molar-refractivity contribution is 9.10. The maximum absolute atomic E-state index is 13.2. The first-order chi connectivity index (χ1) is 7.77. The Morgan fingerprint density at radius 3 is 2.47 bits per heavy atom. The number of carbonyl (C=O) groups excluding carboxylic acids is 1. The van der Waals surface area contributed by atoms with Crippen molar-refractivity contribution in [3.63, 3.8) is 0 Å². The minimum atomic E-state index is -4.75. The first-order valence-electron chi connectivity index (χ1n) is 4.50. The third-order valence-corrected chi connectivity index (χ3v) is 2.65. The molecule has 1 aromatic rings. The third-order valence-electron chi connectivity index (χ3n) is 1.84. The number of halogens is 5. The van der Waals surface area contributed by atoms with Gasteiger partial charge in [-0.15, -0.1) is 0 Å². The van der Waals surface area contributed by atoms with Crippen LogP contribution in [0.15, 0.2) is 16.6 Å². The first kappa shape index (κ1) is 14.0. The lowest BCUT2D eigenvalue weighted by molar-refractivity contribution is -0.138. The Morgan fingerprint density at radius 2 is 2.00 bits per heavy atom. The fourth-order valence-electron chi connectivity index (χ4n) is 1.13. The van der Waals surface area contributed by atoms with Crippen molar-refractivity contribution in [1.82, 2.24) is 0 Å². The van der Waals surface area contributed by atoms with Gasteiger partial charge in [0.1, 0.15) is 5.82 Å². The highest BCUT2D eigenvalue weighted by atomic mass is 79.9. The van der Waals surface area contributed by atoms with E-state index >= 15 is 0 Å². The van der Waals surface area contributed by atoms with Crippen LogP contribution >= 0.6 is 15.9 Å². The van der Waals surface area contributed by atoms with E-state index in [9.17, 15) is 22.4 Å². The molecule has 1 aromatic carbocycles. The number of hydrogen-bond donors (Lipinski definition) is 0. The Bertz CT molecular complexity index is 443. The molecular weight excluding hydrogens is 308 g/mol. The van der Waals surface area contributed by atoms with Gasteiger partial charge in [-0.1, -0.05) is 0 Å². The van der Waals surface area contributed by atoms with Crippen molar-refractivity contribution in [2.45, 2.75) is 13.1 Å². The molecule has 0 radical (unpaired) electrons. The third kappa shape index (κ3) is 3.18. The molecule has 0 spiro atoms. The number of ether oxygens (including phenoxy) is 1. The smallest absolute Gasteiger partial charge is 0.417 e. The Balaban J connectivity index is 3.29. The van der Waals surface area contributed by atoms with Crippen LogP contribution in [0.1, 0.15) is 22.8 Å². The fourth-order valence-corrected chi connectivity index (χ4v) is 1.58. The van der Waals surface area contributed by atoms with Gasteiger partial charge >= 0.3 is 12.1 Å². The van der Waals surface area contributed by atoms with Gasteiger partial charge in [0.15, 0.2) is 0 Å². The van der Waals surface area contributed by atoms with Gasteiger partial charge in [0.25, 0.3) is 0 Å². The molecule has 0 fully saturated rings. The van der Waals surface area contributed by atoms with E-state index in [1.54, 1.807) is 0 Å². The number of carbonyl (C=O) groups is 1. The average molecular weight is 315 g/mol. The zero-order valence-electron chi connectivity index (χ0n) is 8.57. The van der Waals surface area contributed by atoms with Crippen LogP contribution in [0.5, 0.6) is 0 Å². The maximum atomic E-state index is 13.2. The van der Waals surface area contributed by atoms with E-state index in [4.69, 9.17) is 0 Å². The molecule has 0 heterocycles. The maximum Gasteiger partial charge on any atom is 0.417 e. The van der Waals surface area contributed by atoms with Crippen LogP contribution in [-0.2, 0) is 10.9 Å². The van der Waals surface area contributed by atoms with E-state index in [0.717, 1.165) is 0 Å². The van der Waals surface area contributed by atoms with Gasteiger partial charge in [-0.3, -0.25) is 0 Å². The number of hydrogen-bond acceptors (Lipinski definition) is 2. The molecule has 0 aromatic heterocycles. The molecule has 17 heavy (non-hydrogen) atoms. The van der Waals surface area contributed by atoms with Gasteiger partial charge < -0.3 is 4.74 Å². The summed E-state index contributed by atoms with van der Waals surface area (Å²) in [6, 6.07) is 1.24. The van der Waals surface area contributed by atoms with Crippen LogP contribution in [0, 0.1) is 5.82 Å². The highest BCUT2D eigenvalue weighted by Gasteiger charge is 2.35. The molecule has 94 valence electrons. The van der Waals surface area contributed by atoms with Crippen LogP contribution in [0.3, 0.4) is 0 Å². The Hall–Kier alpha value is -1.11. The standard InChI is InChI=1S/C10H7BrF4O2/c1-2-17-9(16)5-3-6(10(13,14)15)8(11)7(12)4-5/h3-4H,2H2,1H3. The predicted octanol–water partition coefficient (Wildman–Crippen LogP) is 3.78. The van der Waals surface area contributed by atoms with Gasteiger partial charge in [-0.05, 0) is 35.0 Å².